The first-order valence-electron chi connectivity index (χ1n) is 7.92. The molecule has 7 nitrogen and oxygen atoms in total. The maximum Gasteiger partial charge on any atom is 0.191 e. The molecule has 0 saturated carbocycles. The van der Waals surface area contributed by atoms with Crippen LogP contribution in [0.4, 0.5) is 0 Å². The third-order valence-corrected chi connectivity index (χ3v) is 3.99. The second-order valence-corrected chi connectivity index (χ2v) is 5.91. The van der Waals surface area contributed by atoms with Crippen LogP contribution in [-0.2, 0) is 20.1 Å². The molecular formula is C16H27N7. The van der Waals surface area contributed by atoms with Crippen molar-refractivity contribution in [1.29, 1.82) is 0 Å². The molecule has 0 radical (unpaired) electrons. The lowest BCUT2D eigenvalue weighted by Gasteiger charge is -2.16. The normalized spacial score (nSPS) is 13.2. The Labute approximate surface area is 137 Å². The average Bonchev–Trinajstić information content (AvgIpc) is 3.10. The Bertz CT molecular complexity index is 640. The molecule has 0 aliphatic rings. The van der Waals surface area contributed by atoms with Gasteiger partial charge in [-0.3, -0.25) is 14.4 Å². The van der Waals surface area contributed by atoms with Crippen LogP contribution < -0.4 is 10.6 Å². The third kappa shape index (κ3) is 4.58. The first-order valence-corrected chi connectivity index (χ1v) is 7.92. The third-order valence-electron chi connectivity index (χ3n) is 3.99. The van der Waals surface area contributed by atoms with Crippen molar-refractivity contribution in [1.82, 2.24) is 30.2 Å². The summed E-state index contributed by atoms with van der Waals surface area (Å²) >= 11 is 0. The van der Waals surface area contributed by atoms with E-state index in [4.69, 9.17) is 0 Å². The van der Waals surface area contributed by atoms with E-state index in [-0.39, 0.29) is 0 Å². The number of nitrogens with zero attached hydrogens (tertiary/aromatic N) is 5. The number of nitrogens with one attached hydrogen (secondary N) is 2. The highest BCUT2D eigenvalue weighted by atomic mass is 15.3. The molecule has 0 aliphatic carbocycles. The van der Waals surface area contributed by atoms with E-state index in [0.29, 0.717) is 5.92 Å². The summed E-state index contributed by atoms with van der Waals surface area (Å²) < 4.78 is 3.86. The van der Waals surface area contributed by atoms with Gasteiger partial charge >= 0.3 is 0 Å². The van der Waals surface area contributed by atoms with Gasteiger partial charge < -0.3 is 10.6 Å². The lowest BCUT2D eigenvalue weighted by Crippen LogP contribution is -2.39. The minimum Gasteiger partial charge on any atom is -0.356 e. The van der Waals surface area contributed by atoms with Gasteiger partial charge in [0, 0.05) is 57.4 Å². The lowest BCUT2D eigenvalue weighted by atomic mass is 10.2. The molecule has 1 atom stereocenters. The van der Waals surface area contributed by atoms with E-state index in [1.807, 2.05) is 35.6 Å². The first-order chi connectivity index (χ1) is 11.0. The Balaban J connectivity index is 1.81. The van der Waals surface area contributed by atoms with Crippen LogP contribution >= 0.6 is 0 Å². The van der Waals surface area contributed by atoms with E-state index in [1.165, 1.54) is 11.3 Å². The summed E-state index contributed by atoms with van der Waals surface area (Å²) in [4.78, 5) is 4.28. The predicted molar refractivity (Wildman–Crippen MR) is 92.3 cm³/mol. The van der Waals surface area contributed by atoms with Crippen molar-refractivity contribution < 1.29 is 0 Å². The van der Waals surface area contributed by atoms with E-state index >= 15 is 0 Å². The van der Waals surface area contributed by atoms with Crippen LogP contribution in [0.15, 0.2) is 23.5 Å². The number of aliphatic imine (C=N–C) groups is 1. The van der Waals surface area contributed by atoms with Gasteiger partial charge in [-0.1, -0.05) is 6.92 Å². The molecular weight excluding hydrogens is 290 g/mol. The van der Waals surface area contributed by atoms with Crippen LogP contribution in [0.5, 0.6) is 0 Å². The van der Waals surface area contributed by atoms with Crippen molar-refractivity contribution in [3.8, 4) is 0 Å². The van der Waals surface area contributed by atoms with Crippen LogP contribution in [0.1, 0.15) is 23.9 Å². The van der Waals surface area contributed by atoms with Gasteiger partial charge in [0.05, 0.1) is 5.69 Å². The van der Waals surface area contributed by atoms with E-state index < -0.39 is 0 Å². The molecule has 0 aromatic carbocycles. The Hall–Kier alpha value is -2.31. The van der Waals surface area contributed by atoms with E-state index in [1.54, 1.807) is 13.2 Å². The Morgan fingerprint density at radius 1 is 1.35 bits per heavy atom. The van der Waals surface area contributed by atoms with Crippen molar-refractivity contribution in [3.05, 3.63) is 35.4 Å². The molecule has 0 amide bonds. The molecule has 0 fully saturated rings. The van der Waals surface area contributed by atoms with E-state index in [2.05, 4.69) is 39.7 Å². The minimum atomic E-state index is 0.454. The van der Waals surface area contributed by atoms with Crippen LogP contribution in [0.3, 0.4) is 0 Å². The average molecular weight is 317 g/mol. The standard InChI is InChI=1S/C16H27N7/c1-12(11-23-8-6-7-20-23)9-18-16(17-4)19-10-15-13(2)21-22(5)14(15)3/h6-8,12H,9-11H2,1-5H3,(H2,17,18,19). The van der Waals surface area contributed by atoms with Crippen molar-refractivity contribution >= 4 is 5.96 Å². The topological polar surface area (TPSA) is 72.1 Å². The van der Waals surface area contributed by atoms with Gasteiger partial charge in [0.25, 0.3) is 0 Å². The van der Waals surface area contributed by atoms with Crippen molar-refractivity contribution in [2.75, 3.05) is 13.6 Å². The fourth-order valence-electron chi connectivity index (χ4n) is 2.53. The first kappa shape index (κ1) is 17.1. The molecule has 2 aromatic heterocycles. The van der Waals surface area contributed by atoms with Crippen molar-refractivity contribution in [3.63, 3.8) is 0 Å². The summed E-state index contributed by atoms with van der Waals surface area (Å²) in [5.41, 5.74) is 3.46. The van der Waals surface area contributed by atoms with Gasteiger partial charge in [-0.25, -0.2) is 0 Å². The van der Waals surface area contributed by atoms with Gasteiger partial charge in [0.1, 0.15) is 0 Å². The molecule has 23 heavy (non-hydrogen) atoms. The largest absolute Gasteiger partial charge is 0.356 e. The number of aromatic nitrogens is 4. The van der Waals surface area contributed by atoms with Gasteiger partial charge in [0.2, 0.25) is 0 Å². The zero-order chi connectivity index (χ0) is 16.8. The van der Waals surface area contributed by atoms with Gasteiger partial charge in [-0.05, 0) is 25.8 Å². The quantitative estimate of drug-likeness (QED) is 0.621. The maximum atomic E-state index is 4.44. The minimum absolute atomic E-state index is 0.454. The molecule has 2 heterocycles. The molecule has 0 bridgehead atoms. The Morgan fingerprint density at radius 3 is 2.70 bits per heavy atom. The smallest absolute Gasteiger partial charge is 0.191 e. The van der Waals surface area contributed by atoms with Crippen molar-refractivity contribution in [2.45, 2.75) is 33.9 Å². The van der Waals surface area contributed by atoms with E-state index in [0.717, 1.165) is 31.3 Å². The number of hydrogen-bond donors (Lipinski definition) is 2. The van der Waals surface area contributed by atoms with Crippen molar-refractivity contribution in [2.24, 2.45) is 18.0 Å². The van der Waals surface area contributed by atoms with Gasteiger partial charge in [-0.15, -0.1) is 0 Å². The molecule has 0 spiro atoms. The number of guanidine groups is 1. The zero-order valence-electron chi connectivity index (χ0n) is 14.7. The highest BCUT2D eigenvalue weighted by Crippen LogP contribution is 2.11. The van der Waals surface area contributed by atoms with Gasteiger partial charge in [0.15, 0.2) is 5.96 Å². The van der Waals surface area contributed by atoms with Crippen LogP contribution in [0.2, 0.25) is 0 Å². The number of rotatable bonds is 6. The maximum absolute atomic E-state index is 4.44. The Morgan fingerprint density at radius 2 is 2.13 bits per heavy atom. The zero-order valence-corrected chi connectivity index (χ0v) is 14.7. The second-order valence-electron chi connectivity index (χ2n) is 5.91. The summed E-state index contributed by atoms with van der Waals surface area (Å²) in [6.45, 7) is 8.75. The molecule has 1 unspecified atom stereocenters. The predicted octanol–water partition coefficient (Wildman–Crippen LogP) is 1.23. The fourth-order valence-corrected chi connectivity index (χ4v) is 2.53. The number of hydrogen-bond acceptors (Lipinski definition) is 3. The fraction of sp³-hybridized carbons (Fsp3) is 0.562. The van der Waals surface area contributed by atoms with E-state index in [9.17, 15) is 0 Å². The highest BCUT2D eigenvalue weighted by molar-refractivity contribution is 5.79. The molecule has 7 heteroatoms. The summed E-state index contributed by atoms with van der Waals surface area (Å²) in [7, 11) is 3.76. The van der Waals surface area contributed by atoms with Gasteiger partial charge in [-0.2, -0.15) is 10.2 Å². The summed E-state index contributed by atoms with van der Waals surface area (Å²) in [6, 6.07) is 1.94. The summed E-state index contributed by atoms with van der Waals surface area (Å²) in [5.74, 6) is 1.26. The molecule has 0 saturated heterocycles. The second kappa shape index (κ2) is 7.80. The highest BCUT2D eigenvalue weighted by Gasteiger charge is 2.10. The number of aryl methyl sites for hydroxylation is 2. The molecule has 2 aromatic rings. The SMILES string of the molecule is CN=C(NCc1c(C)nn(C)c1C)NCC(C)Cn1cccn1. The Kier molecular flexibility index (Phi) is 5.78. The molecule has 2 N–H and O–H groups in total. The summed E-state index contributed by atoms with van der Waals surface area (Å²) in [6.07, 6.45) is 3.79. The molecule has 2 rings (SSSR count). The monoisotopic (exact) mass is 317 g/mol. The van der Waals surface area contributed by atoms with Crippen LogP contribution in [-0.4, -0.2) is 39.1 Å². The van der Waals surface area contributed by atoms with Crippen LogP contribution in [0, 0.1) is 19.8 Å². The lowest BCUT2D eigenvalue weighted by molar-refractivity contribution is 0.443. The summed E-state index contributed by atoms with van der Waals surface area (Å²) in [5, 5.41) is 15.4. The molecule has 0 aliphatic heterocycles. The molecule has 126 valence electrons. The van der Waals surface area contributed by atoms with Crippen LogP contribution in [0.25, 0.3) is 0 Å².